The standard InChI is InChI=1S/C19H17ClN2O2/c1-19(2,3)14-7-5-13(6-8-14)18-21-17(22-24-18)15-9-4-12(11-23)10-16(15)20/h4-11H,1-3H3. The lowest BCUT2D eigenvalue weighted by molar-refractivity contribution is 0.112. The number of halogens is 1. The zero-order valence-electron chi connectivity index (χ0n) is 13.7. The van der Waals surface area contributed by atoms with E-state index in [0.29, 0.717) is 27.9 Å². The highest BCUT2D eigenvalue weighted by Crippen LogP contribution is 2.29. The van der Waals surface area contributed by atoms with E-state index >= 15 is 0 Å². The van der Waals surface area contributed by atoms with E-state index in [-0.39, 0.29) is 5.41 Å². The summed E-state index contributed by atoms with van der Waals surface area (Å²) in [5.41, 5.74) is 3.31. The van der Waals surface area contributed by atoms with Gasteiger partial charge in [0.25, 0.3) is 5.89 Å². The van der Waals surface area contributed by atoms with Crippen molar-refractivity contribution in [2.24, 2.45) is 0 Å². The summed E-state index contributed by atoms with van der Waals surface area (Å²) >= 11 is 6.19. The lowest BCUT2D eigenvalue weighted by atomic mass is 9.87. The Morgan fingerprint density at radius 3 is 2.38 bits per heavy atom. The number of aldehydes is 1. The van der Waals surface area contributed by atoms with E-state index in [1.807, 2.05) is 12.1 Å². The van der Waals surface area contributed by atoms with Crippen LogP contribution in [0.25, 0.3) is 22.8 Å². The topological polar surface area (TPSA) is 56.0 Å². The average molecular weight is 341 g/mol. The van der Waals surface area contributed by atoms with E-state index in [0.717, 1.165) is 11.8 Å². The van der Waals surface area contributed by atoms with Gasteiger partial charge in [-0.1, -0.05) is 55.7 Å². The summed E-state index contributed by atoms with van der Waals surface area (Å²) in [7, 11) is 0. The predicted molar refractivity (Wildman–Crippen MR) is 94.3 cm³/mol. The van der Waals surface area contributed by atoms with Crippen LogP contribution < -0.4 is 0 Å². The Labute approximate surface area is 145 Å². The third-order valence-electron chi connectivity index (χ3n) is 3.79. The molecule has 0 aliphatic rings. The summed E-state index contributed by atoms with van der Waals surface area (Å²) in [4.78, 5) is 15.2. The van der Waals surface area contributed by atoms with Crippen molar-refractivity contribution in [3.63, 3.8) is 0 Å². The average Bonchev–Trinajstić information content (AvgIpc) is 3.03. The maximum atomic E-state index is 10.8. The van der Waals surface area contributed by atoms with E-state index in [1.165, 1.54) is 5.56 Å². The third-order valence-corrected chi connectivity index (χ3v) is 4.11. The minimum atomic E-state index is 0.0897. The largest absolute Gasteiger partial charge is 0.334 e. The van der Waals surface area contributed by atoms with Gasteiger partial charge >= 0.3 is 0 Å². The Bertz CT molecular complexity index is 877. The Balaban J connectivity index is 1.92. The molecule has 0 spiro atoms. The lowest BCUT2D eigenvalue weighted by Gasteiger charge is -2.18. The quantitative estimate of drug-likeness (QED) is 0.617. The van der Waals surface area contributed by atoms with Gasteiger partial charge in [-0.15, -0.1) is 0 Å². The monoisotopic (exact) mass is 340 g/mol. The van der Waals surface area contributed by atoms with Gasteiger partial charge in [0.1, 0.15) is 6.29 Å². The predicted octanol–water partition coefficient (Wildman–Crippen LogP) is 5.17. The Hall–Kier alpha value is -2.46. The van der Waals surface area contributed by atoms with E-state index in [1.54, 1.807) is 18.2 Å². The fourth-order valence-electron chi connectivity index (χ4n) is 2.35. The molecule has 5 heteroatoms. The van der Waals surface area contributed by atoms with Crippen LogP contribution in [0.3, 0.4) is 0 Å². The zero-order chi connectivity index (χ0) is 17.3. The SMILES string of the molecule is CC(C)(C)c1ccc(-c2nc(-c3ccc(C=O)cc3Cl)no2)cc1. The first kappa shape index (κ1) is 16.4. The van der Waals surface area contributed by atoms with Crippen LogP contribution in [0.4, 0.5) is 0 Å². The van der Waals surface area contributed by atoms with Crippen LogP contribution >= 0.6 is 11.6 Å². The molecule has 0 saturated carbocycles. The van der Waals surface area contributed by atoms with Crippen LogP contribution in [0, 0.1) is 0 Å². The maximum absolute atomic E-state index is 10.8. The van der Waals surface area contributed by atoms with E-state index < -0.39 is 0 Å². The van der Waals surface area contributed by atoms with Crippen LogP contribution in [0.5, 0.6) is 0 Å². The van der Waals surface area contributed by atoms with Gasteiger partial charge in [-0.25, -0.2) is 0 Å². The molecule has 3 aromatic rings. The molecule has 0 bridgehead atoms. The van der Waals surface area contributed by atoms with Crippen LogP contribution in [-0.2, 0) is 5.41 Å². The molecule has 0 radical (unpaired) electrons. The molecule has 0 aliphatic heterocycles. The number of nitrogens with zero attached hydrogens (tertiary/aromatic N) is 2. The molecule has 3 rings (SSSR count). The second-order valence-electron chi connectivity index (χ2n) is 6.61. The van der Waals surface area contributed by atoms with Gasteiger partial charge < -0.3 is 4.52 Å². The molecule has 0 N–H and O–H groups in total. The molecular formula is C19H17ClN2O2. The number of benzene rings is 2. The van der Waals surface area contributed by atoms with Crippen molar-refractivity contribution < 1.29 is 9.32 Å². The van der Waals surface area contributed by atoms with Crippen molar-refractivity contribution in [2.75, 3.05) is 0 Å². The van der Waals surface area contributed by atoms with Crippen molar-refractivity contribution in [2.45, 2.75) is 26.2 Å². The fourth-order valence-corrected chi connectivity index (χ4v) is 2.62. The molecule has 1 aromatic heterocycles. The Kier molecular flexibility index (Phi) is 4.24. The van der Waals surface area contributed by atoms with Crippen molar-refractivity contribution in [1.82, 2.24) is 10.1 Å². The highest BCUT2D eigenvalue weighted by Gasteiger charge is 2.16. The van der Waals surface area contributed by atoms with Gasteiger partial charge in [0, 0.05) is 16.7 Å². The van der Waals surface area contributed by atoms with Crippen LogP contribution in [0.1, 0.15) is 36.7 Å². The van der Waals surface area contributed by atoms with Gasteiger partial charge in [0.05, 0.1) is 5.02 Å². The first-order valence-electron chi connectivity index (χ1n) is 7.58. The van der Waals surface area contributed by atoms with E-state index in [4.69, 9.17) is 16.1 Å². The highest BCUT2D eigenvalue weighted by molar-refractivity contribution is 6.33. The van der Waals surface area contributed by atoms with Gasteiger partial charge in [-0.3, -0.25) is 4.79 Å². The molecule has 122 valence electrons. The smallest absolute Gasteiger partial charge is 0.258 e. The molecule has 0 unspecified atom stereocenters. The molecular weight excluding hydrogens is 324 g/mol. The number of hydrogen-bond donors (Lipinski definition) is 0. The number of rotatable bonds is 3. The number of carbonyl (C=O) groups excluding carboxylic acids is 1. The second kappa shape index (κ2) is 6.21. The van der Waals surface area contributed by atoms with Gasteiger partial charge in [-0.2, -0.15) is 4.98 Å². The number of aromatic nitrogens is 2. The number of hydrogen-bond acceptors (Lipinski definition) is 4. The van der Waals surface area contributed by atoms with Crippen molar-refractivity contribution in [3.05, 3.63) is 58.6 Å². The van der Waals surface area contributed by atoms with Gasteiger partial charge in [0.2, 0.25) is 5.82 Å². The molecule has 0 aliphatic carbocycles. The van der Waals surface area contributed by atoms with Crippen LogP contribution in [0.2, 0.25) is 5.02 Å². The summed E-state index contributed by atoms with van der Waals surface area (Å²) in [6.45, 7) is 6.49. The van der Waals surface area contributed by atoms with E-state index in [9.17, 15) is 4.79 Å². The molecule has 1 heterocycles. The van der Waals surface area contributed by atoms with E-state index in [2.05, 4.69) is 43.0 Å². The maximum Gasteiger partial charge on any atom is 0.258 e. The molecule has 4 nitrogen and oxygen atoms in total. The normalized spacial score (nSPS) is 11.5. The first-order valence-corrected chi connectivity index (χ1v) is 7.96. The zero-order valence-corrected chi connectivity index (χ0v) is 14.5. The van der Waals surface area contributed by atoms with Crippen molar-refractivity contribution in [1.29, 1.82) is 0 Å². The summed E-state index contributed by atoms with van der Waals surface area (Å²) in [6, 6.07) is 13.0. The van der Waals surface area contributed by atoms with Gasteiger partial charge in [-0.05, 0) is 35.2 Å². The molecule has 24 heavy (non-hydrogen) atoms. The summed E-state index contributed by atoms with van der Waals surface area (Å²) in [5.74, 6) is 0.827. The minimum Gasteiger partial charge on any atom is -0.334 e. The van der Waals surface area contributed by atoms with Crippen LogP contribution in [-0.4, -0.2) is 16.4 Å². The molecule has 0 amide bonds. The Morgan fingerprint density at radius 2 is 1.79 bits per heavy atom. The summed E-state index contributed by atoms with van der Waals surface area (Å²) in [6.07, 6.45) is 0.744. The molecule has 0 saturated heterocycles. The summed E-state index contributed by atoms with van der Waals surface area (Å²) in [5, 5.41) is 4.40. The van der Waals surface area contributed by atoms with Crippen molar-refractivity contribution in [3.8, 4) is 22.8 Å². The second-order valence-corrected chi connectivity index (χ2v) is 7.01. The molecule has 0 fully saturated rings. The highest BCUT2D eigenvalue weighted by atomic mass is 35.5. The summed E-state index contributed by atoms with van der Waals surface area (Å²) < 4.78 is 5.35. The van der Waals surface area contributed by atoms with Gasteiger partial charge in [0.15, 0.2) is 0 Å². The first-order chi connectivity index (χ1) is 11.4. The Morgan fingerprint density at radius 1 is 1.08 bits per heavy atom. The van der Waals surface area contributed by atoms with Crippen molar-refractivity contribution >= 4 is 17.9 Å². The molecule has 2 aromatic carbocycles. The molecule has 0 atom stereocenters. The fraction of sp³-hybridized carbons (Fsp3) is 0.211. The third kappa shape index (κ3) is 3.24. The lowest BCUT2D eigenvalue weighted by Crippen LogP contribution is -2.10. The minimum absolute atomic E-state index is 0.0897. The number of carbonyl (C=O) groups is 1. The van der Waals surface area contributed by atoms with Crippen LogP contribution in [0.15, 0.2) is 47.0 Å².